The Balaban J connectivity index is 1.21. The second-order valence-corrected chi connectivity index (χ2v) is 8.45. The van der Waals surface area contributed by atoms with Gasteiger partial charge < -0.3 is 15.0 Å². The number of hydrogen-bond donors (Lipinski definition) is 1. The Morgan fingerprint density at radius 3 is 2.50 bits per heavy atom. The lowest BCUT2D eigenvalue weighted by atomic mass is 10.0. The smallest absolute Gasteiger partial charge is 0.254 e. The van der Waals surface area contributed by atoms with Gasteiger partial charge in [-0.25, -0.2) is 0 Å². The van der Waals surface area contributed by atoms with E-state index >= 15 is 0 Å². The molecule has 0 spiro atoms. The summed E-state index contributed by atoms with van der Waals surface area (Å²) in [5, 5.41) is 5.72. The number of hydrogen-bond acceptors (Lipinski definition) is 3. The minimum atomic E-state index is 0.0200. The molecule has 0 saturated carbocycles. The van der Waals surface area contributed by atoms with Gasteiger partial charge in [-0.05, 0) is 48.2 Å². The van der Waals surface area contributed by atoms with Crippen LogP contribution < -0.4 is 10.1 Å². The number of piperidine rings is 1. The molecule has 1 heterocycles. The summed E-state index contributed by atoms with van der Waals surface area (Å²) in [4.78, 5) is 27.3. The van der Waals surface area contributed by atoms with Gasteiger partial charge in [-0.2, -0.15) is 0 Å². The Hall–Kier alpha value is -3.05. The number of benzene rings is 3. The Morgan fingerprint density at radius 1 is 0.969 bits per heavy atom. The zero-order valence-electron chi connectivity index (χ0n) is 17.9. The second-order valence-electron chi connectivity index (χ2n) is 8.04. The molecular weight excluding hydrogens is 424 g/mol. The predicted molar refractivity (Wildman–Crippen MR) is 127 cm³/mol. The third-order valence-electron chi connectivity index (χ3n) is 5.81. The van der Waals surface area contributed by atoms with Crippen molar-refractivity contribution < 1.29 is 14.3 Å². The van der Waals surface area contributed by atoms with Crippen LogP contribution in [0.4, 0.5) is 0 Å². The van der Waals surface area contributed by atoms with Crippen LogP contribution in [0.3, 0.4) is 0 Å². The number of rotatable bonds is 7. The lowest BCUT2D eigenvalue weighted by Gasteiger charge is -2.32. The van der Waals surface area contributed by atoms with Crippen LogP contribution in [0, 0.1) is 0 Å². The first-order chi connectivity index (χ1) is 15.6. The molecule has 32 heavy (non-hydrogen) atoms. The highest BCUT2D eigenvalue weighted by Crippen LogP contribution is 2.24. The molecule has 0 aliphatic carbocycles. The Kier molecular flexibility index (Phi) is 7.28. The molecule has 3 aromatic carbocycles. The average Bonchev–Trinajstić information content (AvgIpc) is 2.82. The van der Waals surface area contributed by atoms with E-state index in [9.17, 15) is 9.59 Å². The van der Waals surface area contributed by atoms with Crippen LogP contribution in [-0.4, -0.2) is 42.5 Å². The van der Waals surface area contributed by atoms with Gasteiger partial charge in [0.15, 0.2) is 0 Å². The Labute approximate surface area is 193 Å². The minimum absolute atomic E-state index is 0.0200. The van der Waals surface area contributed by atoms with E-state index in [-0.39, 0.29) is 17.9 Å². The number of ether oxygens (including phenoxy) is 1. The fourth-order valence-corrected chi connectivity index (χ4v) is 4.28. The van der Waals surface area contributed by atoms with Crippen molar-refractivity contribution in [1.29, 1.82) is 0 Å². The van der Waals surface area contributed by atoms with Crippen molar-refractivity contribution in [3.05, 3.63) is 77.3 Å². The topological polar surface area (TPSA) is 58.6 Å². The molecule has 2 amide bonds. The molecule has 1 aliphatic heterocycles. The maximum Gasteiger partial charge on any atom is 0.254 e. The molecule has 0 unspecified atom stereocenters. The van der Waals surface area contributed by atoms with Crippen molar-refractivity contribution in [3.63, 3.8) is 0 Å². The minimum Gasteiger partial charge on any atom is -0.492 e. The molecule has 1 saturated heterocycles. The number of carbonyl (C=O) groups is 2. The number of halogens is 1. The van der Waals surface area contributed by atoms with E-state index in [2.05, 4.69) is 5.32 Å². The number of carbonyl (C=O) groups excluding carboxylic acids is 2. The van der Waals surface area contributed by atoms with E-state index in [1.165, 1.54) is 0 Å². The third kappa shape index (κ3) is 5.40. The number of para-hydroxylation sites is 1. The van der Waals surface area contributed by atoms with Crippen LogP contribution in [0.2, 0.25) is 5.02 Å². The standard InChI is InChI=1S/C26H27ClN2O3/c27-23-11-3-4-12-24(23)32-18-6-13-25(30)28-20-14-16-29(17-15-20)26(31)22-10-5-8-19-7-1-2-9-21(19)22/h1-5,7-12,20H,6,13-18H2,(H,28,30). The molecule has 0 bridgehead atoms. The van der Waals surface area contributed by atoms with Gasteiger partial charge in [0.25, 0.3) is 5.91 Å². The van der Waals surface area contributed by atoms with E-state index < -0.39 is 0 Å². The van der Waals surface area contributed by atoms with Crippen molar-refractivity contribution in [2.45, 2.75) is 31.7 Å². The van der Waals surface area contributed by atoms with Crippen molar-refractivity contribution in [1.82, 2.24) is 10.2 Å². The molecular formula is C26H27ClN2O3. The van der Waals surface area contributed by atoms with Gasteiger partial charge in [0, 0.05) is 31.1 Å². The van der Waals surface area contributed by atoms with Crippen LogP contribution in [0.5, 0.6) is 5.75 Å². The van der Waals surface area contributed by atoms with Gasteiger partial charge in [0.1, 0.15) is 5.75 Å². The zero-order chi connectivity index (χ0) is 22.3. The highest BCUT2D eigenvalue weighted by atomic mass is 35.5. The van der Waals surface area contributed by atoms with E-state index in [1.807, 2.05) is 65.6 Å². The van der Waals surface area contributed by atoms with Gasteiger partial charge in [0.2, 0.25) is 5.91 Å². The van der Waals surface area contributed by atoms with Crippen LogP contribution in [0.25, 0.3) is 10.8 Å². The van der Waals surface area contributed by atoms with E-state index in [1.54, 1.807) is 6.07 Å². The molecule has 1 aliphatic rings. The summed E-state index contributed by atoms with van der Waals surface area (Å²) in [6, 6.07) is 21.2. The van der Waals surface area contributed by atoms with Gasteiger partial charge in [-0.15, -0.1) is 0 Å². The monoisotopic (exact) mass is 450 g/mol. The van der Waals surface area contributed by atoms with E-state index in [4.69, 9.17) is 16.3 Å². The Morgan fingerprint density at radius 2 is 1.69 bits per heavy atom. The Bertz CT molecular complexity index is 1090. The number of nitrogens with zero attached hydrogens (tertiary/aromatic N) is 1. The first kappa shape index (κ1) is 22.2. The summed E-state index contributed by atoms with van der Waals surface area (Å²) in [5.41, 5.74) is 0.740. The summed E-state index contributed by atoms with van der Waals surface area (Å²) in [5.74, 6) is 0.715. The molecule has 4 rings (SSSR count). The van der Waals surface area contributed by atoms with Crippen molar-refractivity contribution >= 4 is 34.2 Å². The van der Waals surface area contributed by atoms with Crippen LogP contribution >= 0.6 is 11.6 Å². The predicted octanol–water partition coefficient (Wildman–Crippen LogP) is 5.07. The molecule has 3 aromatic rings. The zero-order valence-corrected chi connectivity index (χ0v) is 18.7. The molecule has 6 heteroatoms. The van der Waals surface area contributed by atoms with Crippen molar-refractivity contribution in [2.24, 2.45) is 0 Å². The maximum atomic E-state index is 13.1. The average molecular weight is 451 g/mol. The molecule has 166 valence electrons. The number of likely N-dealkylation sites (tertiary alicyclic amines) is 1. The lowest BCUT2D eigenvalue weighted by Crippen LogP contribution is -2.46. The first-order valence-electron chi connectivity index (χ1n) is 11.1. The largest absolute Gasteiger partial charge is 0.492 e. The summed E-state index contributed by atoms with van der Waals surface area (Å²) in [6.07, 6.45) is 2.55. The molecule has 1 fully saturated rings. The fraction of sp³-hybridized carbons (Fsp3) is 0.308. The van der Waals surface area contributed by atoms with Crippen LogP contribution in [0.15, 0.2) is 66.7 Å². The lowest BCUT2D eigenvalue weighted by molar-refractivity contribution is -0.122. The van der Waals surface area contributed by atoms with E-state index in [0.717, 1.165) is 29.2 Å². The number of amides is 2. The molecule has 1 N–H and O–H groups in total. The van der Waals surface area contributed by atoms with Gasteiger partial charge >= 0.3 is 0 Å². The normalized spacial score (nSPS) is 14.3. The van der Waals surface area contributed by atoms with Gasteiger partial charge in [-0.3, -0.25) is 9.59 Å². The first-order valence-corrected chi connectivity index (χ1v) is 11.4. The third-order valence-corrected chi connectivity index (χ3v) is 6.12. The summed E-state index contributed by atoms with van der Waals surface area (Å²) in [6.45, 7) is 1.72. The molecule has 0 radical (unpaired) electrons. The maximum absolute atomic E-state index is 13.1. The summed E-state index contributed by atoms with van der Waals surface area (Å²) < 4.78 is 5.63. The van der Waals surface area contributed by atoms with Crippen molar-refractivity contribution in [2.75, 3.05) is 19.7 Å². The number of fused-ring (bicyclic) bond motifs is 1. The quantitative estimate of drug-likeness (QED) is 0.511. The van der Waals surface area contributed by atoms with E-state index in [0.29, 0.717) is 43.3 Å². The molecule has 5 nitrogen and oxygen atoms in total. The summed E-state index contributed by atoms with van der Waals surface area (Å²) >= 11 is 6.06. The van der Waals surface area contributed by atoms with Gasteiger partial charge in [0.05, 0.1) is 11.6 Å². The highest BCUT2D eigenvalue weighted by molar-refractivity contribution is 6.32. The van der Waals surface area contributed by atoms with Crippen LogP contribution in [-0.2, 0) is 4.79 Å². The van der Waals surface area contributed by atoms with Crippen molar-refractivity contribution in [3.8, 4) is 5.75 Å². The molecule has 0 aromatic heterocycles. The molecule has 0 atom stereocenters. The number of nitrogens with one attached hydrogen (secondary N) is 1. The highest BCUT2D eigenvalue weighted by Gasteiger charge is 2.25. The van der Waals surface area contributed by atoms with Gasteiger partial charge in [-0.1, -0.05) is 60.1 Å². The van der Waals surface area contributed by atoms with Crippen LogP contribution in [0.1, 0.15) is 36.0 Å². The fourth-order valence-electron chi connectivity index (χ4n) is 4.09. The second kappa shape index (κ2) is 10.5. The summed E-state index contributed by atoms with van der Waals surface area (Å²) in [7, 11) is 0. The SMILES string of the molecule is O=C(CCCOc1ccccc1Cl)NC1CCN(C(=O)c2cccc3ccccc23)CC1.